The first-order valence-corrected chi connectivity index (χ1v) is 12.0. The van der Waals surface area contributed by atoms with Crippen LogP contribution in [0, 0.1) is 0 Å². The number of hydrogen-bond acceptors (Lipinski definition) is 5. The standard InChI is InChI=1S/C22H27N3O5S/c1-3-25(31(2,28)29)17-12-10-16(11-13-17)21(26)24-20-9-5-4-8-19(20)22(27)23-15-18-7-6-14-30-18/h4-5,8-13,18H,3,6-7,14-15H2,1-2H3,(H,23,27)(H,24,26)/t18-/m1/s1. The molecule has 3 rings (SSSR count). The van der Waals surface area contributed by atoms with E-state index >= 15 is 0 Å². The molecule has 0 spiro atoms. The third-order valence-corrected chi connectivity index (χ3v) is 6.31. The molecule has 1 aliphatic heterocycles. The number of benzene rings is 2. The molecule has 31 heavy (non-hydrogen) atoms. The van der Waals surface area contributed by atoms with E-state index in [0.29, 0.717) is 42.2 Å². The van der Waals surface area contributed by atoms with Gasteiger partial charge in [0.1, 0.15) is 0 Å². The molecule has 2 aromatic rings. The second kappa shape index (κ2) is 9.93. The van der Waals surface area contributed by atoms with Gasteiger partial charge in [-0.2, -0.15) is 0 Å². The van der Waals surface area contributed by atoms with E-state index in [1.807, 2.05) is 0 Å². The van der Waals surface area contributed by atoms with Crippen LogP contribution in [-0.4, -0.2) is 52.3 Å². The Labute approximate surface area is 182 Å². The van der Waals surface area contributed by atoms with Gasteiger partial charge in [0.2, 0.25) is 10.0 Å². The molecular formula is C22H27N3O5S. The Balaban J connectivity index is 1.69. The molecule has 1 heterocycles. The van der Waals surface area contributed by atoms with Gasteiger partial charge in [-0.25, -0.2) is 8.42 Å². The number of amides is 2. The van der Waals surface area contributed by atoms with Gasteiger partial charge >= 0.3 is 0 Å². The molecule has 166 valence electrons. The molecule has 1 atom stereocenters. The summed E-state index contributed by atoms with van der Waals surface area (Å²) in [5, 5.41) is 5.62. The molecule has 2 aromatic carbocycles. The lowest BCUT2D eigenvalue weighted by molar-refractivity contribution is 0.0858. The summed E-state index contributed by atoms with van der Waals surface area (Å²) >= 11 is 0. The normalized spacial score (nSPS) is 16.0. The van der Waals surface area contributed by atoms with Crippen LogP contribution in [0.2, 0.25) is 0 Å². The van der Waals surface area contributed by atoms with E-state index in [9.17, 15) is 18.0 Å². The van der Waals surface area contributed by atoms with Crippen LogP contribution in [0.25, 0.3) is 0 Å². The Morgan fingerprint density at radius 3 is 2.42 bits per heavy atom. The number of nitrogens with one attached hydrogen (secondary N) is 2. The molecule has 2 amide bonds. The quantitative estimate of drug-likeness (QED) is 0.650. The SMILES string of the molecule is CCN(c1ccc(C(=O)Nc2ccccc2C(=O)NC[C@H]2CCCO2)cc1)S(C)(=O)=O. The summed E-state index contributed by atoms with van der Waals surface area (Å²) < 4.78 is 30.5. The van der Waals surface area contributed by atoms with Crippen molar-refractivity contribution in [1.29, 1.82) is 0 Å². The van der Waals surface area contributed by atoms with Gasteiger partial charge in [-0.15, -0.1) is 0 Å². The summed E-state index contributed by atoms with van der Waals surface area (Å²) in [7, 11) is -3.40. The molecular weight excluding hydrogens is 418 g/mol. The zero-order valence-corrected chi connectivity index (χ0v) is 18.4. The van der Waals surface area contributed by atoms with Gasteiger partial charge in [-0.1, -0.05) is 12.1 Å². The van der Waals surface area contributed by atoms with Crippen molar-refractivity contribution in [3.05, 3.63) is 59.7 Å². The van der Waals surface area contributed by atoms with Crippen LogP contribution in [-0.2, 0) is 14.8 Å². The predicted molar refractivity (Wildman–Crippen MR) is 120 cm³/mol. The largest absolute Gasteiger partial charge is 0.376 e. The average molecular weight is 446 g/mol. The minimum absolute atomic E-state index is 0.0267. The van der Waals surface area contributed by atoms with Crippen molar-refractivity contribution in [2.75, 3.05) is 35.6 Å². The molecule has 1 fully saturated rings. The summed E-state index contributed by atoms with van der Waals surface area (Å²) in [6.45, 7) is 3.17. The molecule has 0 saturated carbocycles. The minimum Gasteiger partial charge on any atom is -0.376 e. The number of ether oxygens (including phenoxy) is 1. The molecule has 0 aromatic heterocycles. The van der Waals surface area contributed by atoms with Crippen LogP contribution in [0.3, 0.4) is 0 Å². The lowest BCUT2D eigenvalue weighted by Crippen LogP contribution is -2.32. The maximum Gasteiger partial charge on any atom is 0.255 e. The van der Waals surface area contributed by atoms with E-state index in [0.717, 1.165) is 19.1 Å². The monoisotopic (exact) mass is 445 g/mol. The smallest absolute Gasteiger partial charge is 0.255 e. The maximum atomic E-state index is 12.7. The Morgan fingerprint density at radius 2 is 1.81 bits per heavy atom. The van der Waals surface area contributed by atoms with Crippen molar-refractivity contribution in [2.24, 2.45) is 0 Å². The van der Waals surface area contributed by atoms with Gasteiger partial charge in [0.05, 0.1) is 29.3 Å². The highest BCUT2D eigenvalue weighted by atomic mass is 32.2. The number of sulfonamides is 1. The van der Waals surface area contributed by atoms with E-state index in [1.165, 1.54) is 4.31 Å². The fraction of sp³-hybridized carbons (Fsp3) is 0.364. The van der Waals surface area contributed by atoms with Gasteiger partial charge in [-0.05, 0) is 56.2 Å². The molecule has 0 aliphatic carbocycles. The van der Waals surface area contributed by atoms with Crippen molar-refractivity contribution in [2.45, 2.75) is 25.9 Å². The molecule has 0 bridgehead atoms. The molecule has 1 saturated heterocycles. The third-order valence-electron chi connectivity index (χ3n) is 5.04. The number of para-hydroxylation sites is 1. The average Bonchev–Trinajstić information content (AvgIpc) is 3.26. The highest BCUT2D eigenvalue weighted by Crippen LogP contribution is 2.20. The van der Waals surface area contributed by atoms with E-state index in [-0.39, 0.29) is 12.0 Å². The van der Waals surface area contributed by atoms with Crippen molar-refractivity contribution in [1.82, 2.24) is 5.32 Å². The van der Waals surface area contributed by atoms with E-state index < -0.39 is 15.9 Å². The van der Waals surface area contributed by atoms with Gasteiger partial charge in [-0.3, -0.25) is 13.9 Å². The fourth-order valence-corrected chi connectivity index (χ4v) is 4.45. The zero-order valence-electron chi connectivity index (χ0n) is 17.6. The first-order chi connectivity index (χ1) is 14.8. The van der Waals surface area contributed by atoms with E-state index in [4.69, 9.17) is 4.74 Å². The lowest BCUT2D eigenvalue weighted by Gasteiger charge is -2.20. The molecule has 2 N–H and O–H groups in total. The van der Waals surface area contributed by atoms with E-state index in [2.05, 4.69) is 10.6 Å². The Hall–Kier alpha value is -2.91. The number of carbonyl (C=O) groups excluding carboxylic acids is 2. The zero-order chi connectivity index (χ0) is 22.4. The van der Waals surface area contributed by atoms with Crippen molar-refractivity contribution < 1.29 is 22.7 Å². The van der Waals surface area contributed by atoms with Crippen molar-refractivity contribution in [3.8, 4) is 0 Å². The Bertz CT molecular complexity index is 1030. The van der Waals surface area contributed by atoms with Crippen LogP contribution < -0.4 is 14.9 Å². The van der Waals surface area contributed by atoms with Crippen LogP contribution in [0.1, 0.15) is 40.5 Å². The van der Waals surface area contributed by atoms with Gasteiger partial charge in [0, 0.05) is 25.3 Å². The van der Waals surface area contributed by atoms with E-state index in [1.54, 1.807) is 55.5 Å². The molecule has 1 aliphatic rings. The predicted octanol–water partition coefficient (Wildman–Crippen LogP) is 2.63. The summed E-state index contributed by atoms with van der Waals surface area (Å²) in [6, 6.07) is 13.1. The number of rotatable bonds is 8. The summed E-state index contributed by atoms with van der Waals surface area (Å²) in [6.07, 6.45) is 3.08. The Morgan fingerprint density at radius 1 is 1.10 bits per heavy atom. The lowest BCUT2D eigenvalue weighted by atomic mass is 10.1. The molecule has 8 nitrogen and oxygen atoms in total. The highest BCUT2D eigenvalue weighted by Gasteiger charge is 2.19. The fourth-order valence-electron chi connectivity index (χ4n) is 3.48. The van der Waals surface area contributed by atoms with Crippen molar-refractivity contribution >= 4 is 33.2 Å². The van der Waals surface area contributed by atoms with Crippen LogP contribution in [0.5, 0.6) is 0 Å². The number of nitrogens with zero attached hydrogens (tertiary/aromatic N) is 1. The first-order valence-electron chi connectivity index (χ1n) is 10.2. The second-order valence-corrected chi connectivity index (χ2v) is 9.23. The maximum absolute atomic E-state index is 12.7. The molecule has 0 radical (unpaired) electrons. The van der Waals surface area contributed by atoms with Gasteiger partial charge < -0.3 is 15.4 Å². The van der Waals surface area contributed by atoms with Gasteiger partial charge in [0.15, 0.2) is 0 Å². The third kappa shape index (κ3) is 5.83. The van der Waals surface area contributed by atoms with Crippen LogP contribution in [0.4, 0.5) is 11.4 Å². The topological polar surface area (TPSA) is 105 Å². The number of carbonyl (C=O) groups is 2. The molecule has 9 heteroatoms. The summed E-state index contributed by atoms with van der Waals surface area (Å²) in [5.74, 6) is -0.679. The van der Waals surface area contributed by atoms with Crippen LogP contribution in [0.15, 0.2) is 48.5 Å². The second-order valence-electron chi connectivity index (χ2n) is 7.32. The van der Waals surface area contributed by atoms with Crippen LogP contribution >= 0.6 is 0 Å². The first kappa shape index (κ1) is 22.8. The number of hydrogen-bond donors (Lipinski definition) is 2. The minimum atomic E-state index is -3.40. The molecule has 0 unspecified atom stereocenters. The summed E-state index contributed by atoms with van der Waals surface area (Å²) in [5.41, 5.74) is 1.59. The Kier molecular flexibility index (Phi) is 7.29. The van der Waals surface area contributed by atoms with Gasteiger partial charge in [0.25, 0.3) is 11.8 Å². The highest BCUT2D eigenvalue weighted by molar-refractivity contribution is 7.92. The van der Waals surface area contributed by atoms with Crippen molar-refractivity contribution in [3.63, 3.8) is 0 Å². The summed E-state index contributed by atoms with van der Waals surface area (Å²) in [4.78, 5) is 25.3. The number of anilines is 2.